The van der Waals surface area contributed by atoms with Gasteiger partial charge in [0.2, 0.25) is 11.8 Å². The second kappa shape index (κ2) is 9.62. The van der Waals surface area contributed by atoms with Crippen molar-refractivity contribution in [3.63, 3.8) is 0 Å². The summed E-state index contributed by atoms with van der Waals surface area (Å²) in [6.07, 6.45) is 0.186. The van der Waals surface area contributed by atoms with E-state index < -0.39 is 0 Å². The Morgan fingerprint density at radius 1 is 1.07 bits per heavy atom. The highest BCUT2D eigenvalue weighted by Gasteiger charge is 2.14. The highest BCUT2D eigenvalue weighted by molar-refractivity contribution is 5.93. The maximum absolute atomic E-state index is 12.4. The number of methoxy groups -OCH3 is 2. The molecule has 0 saturated carbocycles. The van der Waals surface area contributed by atoms with Crippen LogP contribution in [0.15, 0.2) is 42.5 Å². The van der Waals surface area contributed by atoms with E-state index in [1.807, 2.05) is 31.2 Å². The molecule has 27 heavy (non-hydrogen) atoms. The zero-order valence-electron chi connectivity index (χ0n) is 16.2. The molecule has 0 spiro atoms. The number of rotatable bonds is 8. The lowest BCUT2D eigenvalue weighted by atomic mass is 10.1. The molecule has 0 aliphatic rings. The van der Waals surface area contributed by atoms with Crippen molar-refractivity contribution >= 4 is 17.5 Å². The van der Waals surface area contributed by atoms with Crippen LogP contribution in [0.1, 0.15) is 24.5 Å². The first-order valence-electron chi connectivity index (χ1n) is 8.76. The fraction of sp³-hybridized carbons (Fsp3) is 0.333. The topological polar surface area (TPSA) is 67.9 Å². The van der Waals surface area contributed by atoms with Crippen molar-refractivity contribution in [3.8, 4) is 11.5 Å². The Balaban J connectivity index is 2.00. The van der Waals surface area contributed by atoms with Crippen LogP contribution in [0, 0.1) is 6.92 Å². The van der Waals surface area contributed by atoms with Crippen LogP contribution in [0.3, 0.4) is 0 Å². The summed E-state index contributed by atoms with van der Waals surface area (Å²) in [6, 6.07) is 13.1. The number of nitrogens with zero attached hydrogens (tertiary/aromatic N) is 1. The van der Waals surface area contributed by atoms with E-state index in [1.165, 1.54) is 14.0 Å². The predicted molar refractivity (Wildman–Crippen MR) is 105 cm³/mol. The van der Waals surface area contributed by atoms with E-state index in [0.29, 0.717) is 30.3 Å². The number of ether oxygens (including phenoxy) is 2. The number of carbonyl (C=O) groups excluding carboxylic acids is 2. The monoisotopic (exact) mass is 370 g/mol. The fourth-order valence-corrected chi connectivity index (χ4v) is 2.70. The van der Waals surface area contributed by atoms with E-state index in [2.05, 4.69) is 5.32 Å². The van der Waals surface area contributed by atoms with Crippen molar-refractivity contribution in [2.24, 2.45) is 0 Å². The summed E-state index contributed by atoms with van der Waals surface area (Å²) in [6.45, 7) is 4.34. The van der Waals surface area contributed by atoms with Crippen LogP contribution >= 0.6 is 0 Å². The third kappa shape index (κ3) is 5.74. The molecule has 0 unspecified atom stereocenters. The number of amides is 2. The van der Waals surface area contributed by atoms with E-state index in [4.69, 9.17) is 9.47 Å². The summed E-state index contributed by atoms with van der Waals surface area (Å²) in [5.74, 6) is 0.908. The molecule has 6 heteroatoms. The Morgan fingerprint density at radius 2 is 1.81 bits per heavy atom. The van der Waals surface area contributed by atoms with Gasteiger partial charge in [-0.2, -0.15) is 0 Å². The van der Waals surface area contributed by atoms with E-state index in [-0.39, 0.29) is 18.2 Å². The largest absolute Gasteiger partial charge is 0.497 e. The molecule has 2 amide bonds. The van der Waals surface area contributed by atoms with E-state index >= 15 is 0 Å². The van der Waals surface area contributed by atoms with Gasteiger partial charge in [0.25, 0.3) is 0 Å². The van der Waals surface area contributed by atoms with Crippen LogP contribution in [-0.4, -0.2) is 37.5 Å². The van der Waals surface area contributed by atoms with Gasteiger partial charge in [0.1, 0.15) is 11.5 Å². The number of nitrogens with one attached hydrogen (secondary N) is 1. The minimum Gasteiger partial charge on any atom is -0.497 e. The molecular formula is C21H26N2O4. The van der Waals surface area contributed by atoms with E-state index in [9.17, 15) is 9.59 Å². The average molecular weight is 370 g/mol. The Morgan fingerprint density at radius 3 is 2.44 bits per heavy atom. The second-order valence-electron chi connectivity index (χ2n) is 6.23. The predicted octanol–water partition coefficient (Wildman–Crippen LogP) is 3.39. The Labute approximate surface area is 160 Å². The number of aryl methyl sites for hydroxylation is 1. The Bertz CT molecular complexity index is 805. The van der Waals surface area contributed by atoms with Crippen LogP contribution in [0.5, 0.6) is 11.5 Å². The number of hydrogen-bond donors (Lipinski definition) is 1. The Hall–Kier alpha value is -3.02. The molecule has 144 valence electrons. The zero-order valence-corrected chi connectivity index (χ0v) is 16.2. The lowest BCUT2D eigenvalue weighted by molar-refractivity contribution is -0.129. The number of hydrogen-bond acceptors (Lipinski definition) is 4. The first kappa shape index (κ1) is 20.3. The molecule has 0 fully saturated rings. The maximum Gasteiger partial charge on any atom is 0.226 e. The summed E-state index contributed by atoms with van der Waals surface area (Å²) >= 11 is 0. The molecular weight excluding hydrogens is 344 g/mol. The molecule has 0 atom stereocenters. The molecule has 1 N–H and O–H groups in total. The number of benzene rings is 2. The number of carbonyl (C=O) groups is 2. The minimum atomic E-state index is -0.197. The van der Waals surface area contributed by atoms with Crippen LogP contribution in [0.2, 0.25) is 0 Å². The highest BCUT2D eigenvalue weighted by atomic mass is 16.5. The molecule has 0 aliphatic heterocycles. The van der Waals surface area contributed by atoms with Gasteiger partial charge < -0.3 is 19.7 Å². The van der Waals surface area contributed by atoms with E-state index in [1.54, 1.807) is 30.2 Å². The van der Waals surface area contributed by atoms with Gasteiger partial charge in [0.05, 0.1) is 19.9 Å². The van der Waals surface area contributed by atoms with Gasteiger partial charge in [-0.05, 0) is 30.2 Å². The van der Waals surface area contributed by atoms with Gasteiger partial charge in [0, 0.05) is 32.5 Å². The highest BCUT2D eigenvalue weighted by Crippen LogP contribution is 2.29. The molecule has 0 bridgehead atoms. The summed E-state index contributed by atoms with van der Waals surface area (Å²) in [7, 11) is 3.10. The zero-order chi connectivity index (χ0) is 19.8. The van der Waals surface area contributed by atoms with Crippen molar-refractivity contribution in [2.75, 3.05) is 26.1 Å². The summed E-state index contributed by atoms with van der Waals surface area (Å²) in [5, 5.41) is 2.82. The lowest BCUT2D eigenvalue weighted by Crippen LogP contribution is -2.31. The third-order valence-corrected chi connectivity index (χ3v) is 4.36. The molecule has 0 radical (unpaired) electrons. The number of anilines is 1. The SMILES string of the molecule is COc1ccc(OC)c(NC(=O)CCN(Cc2ccccc2C)C(C)=O)c1. The van der Waals surface area contributed by atoms with Crippen molar-refractivity contribution in [1.82, 2.24) is 4.90 Å². The first-order chi connectivity index (χ1) is 12.9. The van der Waals surface area contributed by atoms with Gasteiger partial charge in [-0.25, -0.2) is 0 Å². The van der Waals surface area contributed by atoms with Crippen molar-refractivity contribution < 1.29 is 19.1 Å². The molecule has 0 heterocycles. The minimum absolute atomic E-state index is 0.0648. The summed E-state index contributed by atoms with van der Waals surface area (Å²) in [5.41, 5.74) is 2.73. The Kier molecular flexibility index (Phi) is 7.23. The van der Waals surface area contributed by atoms with E-state index in [0.717, 1.165) is 11.1 Å². The molecule has 2 rings (SSSR count). The van der Waals surface area contributed by atoms with Gasteiger partial charge in [0.15, 0.2) is 0 Å². The second-order valence-corrected chi connectivity index (χ2v) is 6.23. The molecule has 0 saturated heterocycles. The standard InChI is InChI=1S/C21H26N2O4/c1-15-7-5-6-8-17(15)14-23(16(2)24)12-11-21(25)22-19-13-18(26-3)9-10-20(19)27-4/h5-10,13H,11-12,14H2,1-4H3,(H,22,25). The average Bonchev–Trinajstić information content (AvgIpc) is 2.66. The first-order valence-corrected chi connectivity index (χ1v) is 8.76. The summed E-state index contributed by atoms with van der Waals surface area (Å²) < 4.78 is 10.5. The molecule has 6 nitrogen and oxygen atoms in total. The van der Waals surface area contributed by atoms with Crippen LogP contribution in [0.25, 0.3) is 0 Å². The molecule has 2 aromatic rings. The van der Waals surface area contributed by atoms with Gasteiger partial charge in [-0.1, -0.05) is 24.3 Å². The van der Waals surface area contributed by atoms with Crippen molar-refractivity contribution in [1.29, 1.82) is 0 Å². The normalized spacial score (nSPS) is 10.2. The van der Waals surface area contributed by atoms with Crippen LogP contribution < -0.4 is 14.8 Å². The molecule has 0 aliphatic carbocycles. The van der Waals surface area contributed by atoms with Crippen molar-refractivity contribution in [2.45, 2.75) is 26.8 Å². The lowest BCUT2D eigenvalue weighted by Gasteiger charge is -2.22. The summed E-state index contributed by atoms with van der Waals surface area (Å²) in [4.78, 5) is 26.0. The molecule has 0 aromatic heterocycles. The van der Waals surface area contributed by atoms with Crippen LogP contribution in [0.4, 0.5) is 5.69 Å². The third-order valence-electron chi connectivity index (χ3n) is 4.36. The van der Waals surface area contributed by atoms with Crippen molar-refractivity contribution in [3.05, 3.63) is 53.6 Å². The fourth-order valence-electron chi connectivity index (χ4n) is 2.70. The van der Waals surface area contributed by atoms with Gasteiger partial charge in [-0.15, -0.1) is 0 Å². The van der Waals surface area contributed by atoms with Gasteiger partial charge in [-0.3, -0.25) is 9.59 Å². The smallest absolute Gasteiger partial charge is 0.226 e. The van der Waals surface area contributed by atoms with Gasteiger partial charge >= 0.3 is 0 Å². The van der Waals surface area contributed by atoms with Crippen LogP contribution in [-0.2, 0) is 16.1 Å². The quantitative estimate of drug-likeness (QED) is 0.773. The maximum atomic E-state index is 12.4. The molecule has 2 aromatic carbocycles.